The highest BCUT2D eigenvalue weighted by Crippen LogP contribution is 2.17. The van der Waals surface area contributed by atoms with Crippen LogP contribution in [0.2, 0.25) is 0 Å². The summed E-state index contributed by atoms with van der Waals surface area (Å²) in [7, 11) is 4.43. The SMILES string of the molecule is Cc1ccc(OCCN(C)C2CCN(C)CC2)cc1C. The highest BCUT2D eigenvalue weighted by atomic mass is 16.5. The fourth-order valence-electron chi connectivity index (χ4n) is 2.73. The minimum absolute atomic E-state index is 0.717. The first kappa shape index (κ1) is 15.3. The lowest BCUT2D eigenvalue weighted by Crippen LogP contribution is -2.43. The standard InChI is InChI=1S/C17H28N2O/c1-14-5-6-17(13-15(14)2)20-12-11-19(4)16-7-9-18(3)10-8-16/h5-6,13,16H,7-12H2,1-4H3. The van der Waals surface area contributed by atoms with Crippen LogP contribution in [0.5, 0.6) is 5.75 Å². The number of hydrogen-bond acceptors (Lipinski definition) is 3. The van der Waals surface area contributed by atoms with Gasteiger partial charge in [0.2, 0.25) is 0 Å². The number of aryl methyl sites for hydroxylation is 2. The van der Waals surface area contributed by atoms with E-state index in [1.165, 1.54) is 37.1 Å². The van der Waals surface area contributed by atoms with Crippen LogP contribution in [0.3, 0.4) is 0 Å². The van der Waals surface area contributed by atoms with E-state index in [9.17, 15) is 0 Å². The van der Waals surface area contributed by atoms with Gasteiger partial charge in [0.15, 0.2) is 0 Å². The van der Waals surface area contributed by atoms with Crippen molar-refractivity contribution in [2.75, 3.05) is 40.3 Å². The quantitative estimate of drug-likeness (QED) is 0.822. The van der Waals surface area contributed by atoms with Crippen LogP contribution in [-0.4, -0.2) is 56.2 Å². The van der Waals surface area contributed by atoms with Crippen molar-refractivity contribution in [3.8, 4) is 5.75 Å². The Balaban J connectivity index is 1.73. The molecule has 0 aliphatic carbocycles. The molecule has 0 saturated carbocycles. The van der Waals surface area contributed by atoms with Crippen LogP contribution in [0.25, 0.3) is 0 Å². The third kappa shape index (κ3) is 4.22. The number of likely N-dealkylation sites (tertiary alicyclic amines) is 1. The van der Waals surface area contributed by atoms with Crippen LogP contribution in [0.1, 0.15) is 24.0 Å². The van der Waals surface area contributed by atoms with Crippen molar-refractivity contribution in [3.63, 3.8) is 0 Å². The molecule has 1 saturated heterocycles. The maximum absolute atomic E-state index is 5.87. The van der Waals surface area contributed by atoms with Gasteiger partial charge in [-0.1, -0.05) is 6.07 Å². The second-order valence-electron chi connectivity index (χ2n) is 6.11. The lowest BCUT2D eigenvalue weighted by atomic mass is 10.0. The van der Waals surface area contributed by atoms with Crippen LogP contribution < -0.4 is 4.74 Å². The number of rotatable bonds is 5. The Morgan fingerprint density at radius 3 is 2.55 bits per heavy atom. The predicted molar refractivity (Wildman–Crippen MR) is 84.6 cm³/mol. The molecule has 0 N–H and O–H groups in total. The molecular formula is C17H28N2O. The smallest absolute Gasteiger partial charge is 0.119 e. The number of likely N-dealkylation sites (N-methyl/N-ethyl adjacent to an activating group) is 1. The number of hydrogen-bond donors (Lipinski definition) is 0. The Morgan fingerprint density at radius 1 is 1.20 bits per heavy atom. The van der Waals surface area contributed by atoms with Crippen molar-refractivity contribution in [1.29, 1.82) is 0 Å². The Hall–Kier alpha value is -1.06. The Kier molecular flexibility index (Phi) is 5.44. The van der Waals surface area contributed by atoms with E-state index in [1.807, 2.05) is 0 Å². The minimum Gasteiger partial charge on any atom is -0.492 e. The van der Waals surface area contributed by atoms with E-state index in [0.29, 0.717) is 0 Å². The summed E-state index contributed by atoms with van der Waals surface area (Å²) in [6.45, 7) is 8.46. The van der Waals surface area contributed by atoms with Crippen molar-refractivity contribution in [2.45, 2.75) is 32.7 Å². The van der Waals surface area contributed by atoms with Gasteiger partial charge < -0.3 is 9.64 Å². The molecule has 0 aromatic heterocycles. The number of ether oxygens (including phenoxy) is 1. The number of benzene rings is 1. The molecule has 1 aliphatic rings. The van der Waals surface area contributed by atoms with Gasteiger partial charge in [0, 0.05) is 12.6 Å². The predicted octanol–water partition coefficient (Wildman–Crippen LogP) is 2.71. The van der Waals surface area contributed by atoms with Gasteiger partial charge in [-0.2, -0.15) is 0 Å². The van der Waals surface area contributed by atoms with E-state index >= 15 is 0 Å². The normalized spacial score (nSPS) is 17.6. The van der Waals surface area contributed by atoms with Gasteiger partial charge in [0.05, 0.1) is 0 Å². The van der Waals surface area contributed by atoms with Crippen LogP contribution in [0.15, 0.2) is 18.2 Å². The van der Waals surface area contributed by atoms with Gasteiger partial charge in [-0.05, 0) is 77.1 Å². The van der Waals surface area contributed by atoms with Crippen LogP contribution in [0.4, 0.5) is 0 Å². The molecule has 0 unspecified atom stereocenters. The van der Waals surface area contributed by atoms with E-state index in [0.717, 1.165) is 24.9 Å². The van der Waals surface area contributed by atoms with Gasteiger partial charge in [-0.25, -0.2) is 0 Å². The summed E-state index contributed by atoms with van der Waals surface area (Å²) < 4.78 is 5.87. The second-order valence-corrected chi connectivity index (χ2v) is 6.11. The van der Waals surface area contributed by atoms with Crippen LogP contribution >= 0.6 is 0 Å². The zero-order valence-electron chi connectivity index (χ0n) is 13.4. The van der Waals surface area contributed by atoms with E-state index in [2.05, 4.69) is 55.9 Å². The van der Waals surface area contributed by atoms with Gasteiger partial charge >= 0.3 is 0 Å². The summed E-state index contributed by atoms with van der Waals surface area (Å²) in [5.74, 6) is 0.991. The number of nitrogens with zero attached hydrogens (tertiary/aromatic N) is 2. The molecule has 1 fully saturated rings. The van der Waals surface area contributed by atoms with Gasteiger partial charge in [-0.15, -0.1) is 0 Å². The molecule has 0 radical (unpaired) electrons. The molecule has 1 aliphatic heterocycles. The molecular weight excluding hydrogens is 248 g/mol. The third-order valence-corrected chi connectivity index (χ3v) is 4.50. The van der Waals surface area contributed by atoms with E-state index < -0.39 is 0 Å². The molecule has 1 heterocycles. The van der Waals surface area contributed by atoms with Crippen molar-refractivity contribution in [1.82, 2.24) is 9.80 Å². The molecule has 0 amide bonds. The maximum atomic E-state index is 5.87. The maximum Gasteiger partial charge on any atom is 0.119 e. The third-order valence-electron chi connectivity index (χ3n) is 4.50. The molecule has 0 bridgehead atoms. The van der Waals surface area contributed by atoms with Crippen molar-refractivity contribution >= 4 is 0 Å². The largest absolute Gasteiger partial charge is 0.492 e. The van der Waals surface area contributed by atoms with Crippen molar-refractivity contribution in [3.05, 3.63) is 29.3 Å². The summed E-state index contributed by atoms with van der Waals surface area (Å²) in [5.41, 5.74) is 2.62. The second kappa shape index (κ2) is 7.09. The first-order valence-corrected chi connectivity index (χ1v) is 7.65. The lowest BCUT2D eigenvalue weighted by molar-refractivity contribution is 0.127. The molecule has 0 atom stereocenters. The average molecular weight is 276 g/mol. The average Bonchev–Trinajstić information content (AvgIpc) is 2.43. The fraction of sp³-hybridized carbons (Fsp3) is 0.647. The van der Waals surface area contributed by atoms with Gasteiger partial charge in [0.1, 0.15) is 12.4 Å². The Bertz CT molecular complexity index is 425. The van der Waals surface area contributed by atoms with Crippen LogP contribution in [-0.2, 0) is 0 Å². The van der Waals surface area contributed by atoms with E-state index in [-0.39, 0.29) is 0 Å². The molecule has 20 heavy (non-hydrogen) atoms. The Labute approximate surface area is 123 Å². The first-order valence-electron chi connectivity index (χ1n) is 7.65. The summed E-state index contributed by atoms with van der Waals surface area (Å²) in [4.78, 5) is 4.87. The summed E-state index contributed by atoms with van der Waals surface area (Å²) in [5, 5.41) is 0. The molecule has 2 rings (SSSR count). The van der Waals surface area contributed by atoms with Gasteiger partial charge in [-0.3, -0.25) is 4.90 Å². The monoisotopic (exact) mass is 276 g/mol. The molecule has 1 aromatic rings. The lowest BCUT2D eigenvalue weighted by Gasteiger charge is -2.35. The fourth-order valence-corrected chi connectivity index (χ4v) is 2.73. The van der Waals surface area contributed by atoms with Crippen LogP contribution in [0, 0.1) is 13.8 Å². The molecule has 0 spiro atoms. The molecule has 3 nitrogen and oxygen atoms in total. The number of piperidine rings is 1. The highest BCUT2D eigenvalue weighted by molar-refractivity contribution is 5.33. The zero-order valence-corrected chi connectivity index (χ0v) is 13.4. The summed E-state index contributed by atoms with van der Waals surface area (Å²) in [6.07, 6.45) is 2.55. The summed E-state index contributed by atoms with van der Waals surface area (Å²) in [6, 6.07) is 7.04. The van der Waals surface area contributed by atoms with Gasteiger partial charge in [0.25, 0.3) is 0 Å². The zero-order chi connectivity index (χ0) is 14.5. The Morgan fingerprint density at radius 2 is 1.90 bits per heavy atom. The highest BCUT2D eigenvalue weighted by Gasteiger charge is 2.20. The molecule has 112 valence electrons. The van der Waals surface area contributed by atoms with Crippen molar-refractivity contribution in [2.24, 2.45) is 0 Å². The van der Waals surface area contributed by atoms with E-state index in [1.54, 1.807) is 0 Å². The minimum atomic E-state index is 0.717. The topological polar surface area (TPSA) is 15.7 Å². The summed E-state index contributed by atoms with van der Waals surface area (Å²) >= 11 is 0. The van der Waals surface area contributed by atoms with Crippen molar-refractivity contribution < 1.29 is 4.74 Å². The first-order chi connectivity index (χ1) is 9.56. The molecule has 1 aromatic carbocycles. The molecule has 3 heteroatoms. The van der Waals surface area contributed by atoms with E-state index in [4.69, 9.17) is 4.74 Å².